The molecular formula is C27H31N5O2. The third-order valence-electron chi connectivity index (χ3n) is 7.44. The molecule has 34 heavy (non-hydrogen) atoms. The van der Waals surface area contributed by atoms with Crippen molar-refractivity contribution in [3.63, 3.8) is 0 Å². The van der Waals surface area contributed by atoms with Crippen molar-refractivity contribution >= 4 is 17.4 Å². The summed E-state index contributed by atoms with van der Waals surface area (Å²) in [5.41, 5.74) is 8.63. The molecule has 0 bridgehead atoms. The van der Waals surface area contributed by atoms with Crippen LogP contribution in [0.1, 0.15) is 48.8 Å². The molecule has 7 nitrogen and oxygen atoms in total. The zero-order chi connectivity index (χ0) is 23.2. The van der Waals surface area contributed by atoms with Gasteiger partial charge in [0.05, 0.1) is 25.8 Å². The highest BCUT2D eigenvalue weighted by Gasteiger charge is 2.34. The van der Waals surface area contributed by atoms with Gasteiger partial charge in [0, 0.05) is 55.3 Å². The smallest absolute Gasteiger partial charge is 0.219 e. The SMILES string of the molecule is CCc1cc(-c2ccc3c(c2)CCCN3c2nn(C3COC3)c3c2CN(C(C)=O)CC3)ccn1. The van der Waals surface area contributed by atoms with Crippen LogP contribution >= 0.6 is 0 Å². The minimum absolute atomic E-state index is 0.129. The summed E-state index contributed by atoms with van der Waals surface area (Å²) in [6.45, 7) is 7.56. The molecule has 2 aromatic heterocycles. The number of amides is 1. The lowest BCUT2D eigenvalue weighted by Gasteiger charge is -2.33. The number of ether oxygens (including phenoxy) is 1. The Labute approximate surface area is 200 Å². The number of aryl methyl sites for hydroxylation is 2. The van der Waals surface area contributed by atoms with E-state index in [-0.39, 0.29) is 5.91 Å². The Morgan fingerprint density at radius 2 is 1.97 bits per heavy atom. The van der Waals surface area contributed by atoms with Crippen LogP contribution in [0.15, 0.2) is 36.5 Å². The van der Waals surface area contributed by atoms with Crippen molar-refractivity contribution in [2.75, 3.05) is 31.2 Å². The molecule has 0 radical (unpaired) electrons. The minimum Gasteiger partial charge on any atom is -0.377 e. The highest BCUT2D eigenvalue weighted by molar-refractivity contribution is 5.76. The summed E-state index contributed by atoms with van der Waals surface area (Å²) in [6.07, 6.45) is 5.83. The number of pyridine rings is 1. The van der Waals surface area contributed by atoms with Crippen molar-refractivity contribution in [2.45, 2.75) is 52.1 Å². The Hall–Kier alpha value is -3.19. The molecule has 0 unspecified atom stereocenters. The van der Waals surface area contributed by atoms with E-state index >= 15 is 0 Å². The van der Waals surface area contributed by atoms with Gasteiger partial charge in [-0.3, -0.25) is 14.5 Å². The summed E-state index contributed by atoms with van der Waals surface area (Å²) in [6, 6.07) is 11.4. The van der Waals surface area contributed by atoms with Crippen LogP contribution in [0.25, 0.3) is 11.1 Å². The molecule has 7 heteroatoms. The van der Waals surface area contributed by atoms with Gasteiger partial charge in [-0.1, -0.05) is 13.0 Å². The normalized spacial score (nSPS) is 17.8. The Balaban J connectivity index is 1.40. The molecule has 1 amide bonds. The molecule has 0 atom stereocenters. The molecule has 0 N–H and O–H groups in total. The summed E-state index contributed by atoms with van der Waals surface area (Å²) in [5, 5.41) is 5.15. The molecule has 3 aromatic rings. The van der Waals surface area contributed by atoms with Crippen LogP contribution in [0.5, 0.6) is 0 Å². The highest BCUT2D eigenvalue weighted by Crippen LogP contribution is 2.40. The quantitative estimate of drug-likeness (QED) is 0.591. The summed E-state index contributed by atoms with van der Waals surface area (Å²) in [4.78, 5) is 21.0. The molecule has 0 aliphatic carbocycles. The van der Waals surface area contributed by atoms with Gasteiger partial charge in [-0.15, -0.1) is 0 Å². The fourth-order valence-electron chi connectivity index (χ4n) is 5.43. The molecule has 1 aromatic carbocycles. The number of aromatic nitrogens is 3. The predicted octanol–water partition coefficient (Wildman–Crippen LogP) is 4.07. The van der Waals surface area contributed by atoms with Crippen LogP contribution in [0, 0.1) is 0 Å². The monoisotopic (exact) mass is 457 g/mol. The van der Waals surface area contributed by atoms with Crippen LogP contribution in [0.4, 0.5) is 11.5 Å². The molecular weight excluding hydrogens is 426 g/mol. The number of rotatable bonds is 4. The van der Waals surface area contributed by atoms with Gasteiger partial charge in [-0.2, -0.15) is 5.10 Å². The molecule has 0 saturated carbocycles. The third-order valence-corrected chi connectivity index (χ3v) is 7.44. The number of fused-ring (bicyclic) bond motifs is 2. The standard InChI is InChI=1S/C27H31N5O2/c1-3-22-14-20(8-10-28-22)19-6-7-25-21(13-19)5-4-11-31(25)27-24-15-30(18(2)33)12-9-26(24)32(29-27)23-16-34-17-23/h6-8,10,13-14,23H,3-5,9,11-12,15-17H2,1-2H3. The second-order valence-electron chi connectivity index (χ2n) is 9.56. The minimum atomic E-state index is 0.129. The summed E-state index contributed by atoms with van der Waals surface area (Å²) >= 11 is 0. The van der Waals surface area contributed by atoms with Crippen LogP contribution in [-0.4, -0.2) is 51.9 Å². The molecule has 1 saturated heterocycles. The number of carbonyl (C=O) groups is 1. The molecule has 3 aliphatic heterocycles. The van der Waals surface area contributed by atoms with E-state index in [0.717, 1.165) is 63.5 Å². The van der Waals surface area contributed by atoms with Gasteiger partial charge in [-0.05, 0) is 60.2 Å². The highest BCUT2D eigenvalue weighted by atomic mass is 16.5. The number of hydrogen-bond donors (Lipinski definition) is 0. The third kappa shape index (κ3) is 3.59. The van der Waals surface area contributed by atoms with Crippen molar-refractivity contribution in [1.82, 2.24) is 19.7 Å². The topological polar surface area (TPSA) is 63.5 Å². The summed E-state index contributed by atoms with van der Waals surface area (Å²) in [5.74, 6) is 1.14. The van der Waals surface area contributed by atoms with E-state index in [9.17, 15) is 4.79 Å². The van der Waals surface area contributed by atoms with E-state index < -0.39 is 0 Å². The number of anilines is 2. The zero-order valence-corrected chi connectivity index (χ0v) is 20.0. The lowest BCUT2D eigenvalue weighted by molar-refractivity contribution is -0.129. The Kier molecular flexibility index (Phi) is 5.37. The van der Waals surface area contributed by atoms with Crippen LogP contribution in [0.3, 0.4) is 0 Å². The maximum absolute atomic E-state index is 12.2. The maximum atomic E-state index is 12.2. The van der Waals surface area contributed by atoms with E-state index in [2.05, 4.69) is 51.8 Å². The van der Waals surface area contributed by atoms with Crippen molar-refractivity contribution < 1.29 is 9.53 Å². The zero-order valence-electron chi connectivity index (χ0n) is 20.0. The van der Waals surface area contributed by atoms with Crippen molar-refractivity contribution in [1.29, 1.82) is 0 Å². The second kappa shape index (κ2) is 8.55. The first-order valence-corrected chi connectivity index (χ1v) is 12.4. The van der Waals surface area contributed by atoms with Crippen LogP contribution in [0.2, 0.25) is 0 Å². The van der Waals surface area contributed by atoms with E-state index in [1.165, 1.54) is 33.6 Å². The first kappa shape index (κ1) is 21.4. The maximum Gasteiger partial charge on any atom is 0.219 e. The summed E-state index contributed by atoms with van der Waals surface area (Å²) in [7, 11) is 0. The molecule has 176 valence electrons. The molecule has 3 aliphatic rings. The van der Waals surface area contributed by atoms with Crippen LogP contribution in [-0.2, 0) is 35.3 Å². The first-order chi connectivity index (χ1) is 16.6. The molecule has 1 fully saturated rings. The van der Waals surface area contributed by atoms with Crippen molar-refractivity contribution in [3.05, 3.63) is 59.0 Å². The molecule has 0 spiro atoms. The van der Waals surface area contributed by atoms with Crippen LogP contribution < -0.4 is 4.90 Å². The number of benzene rings is 1. The van der Waals surface area contributed by atoms with Gasteiger partial charge in [0.2, 0.25) is 5.91 Å². The lowest BCUT2D eigenvalue weighted by Crippen LogP contribution is -2.37. The Morgan fingerprint density at radius 3 is 2.74 bits per heavy atom. The predicted molar refractivity (Wildman–Crippen MR) is 131 cm³/mol. The van der Waals surface area contributed by atoms with Gasteiger partial charge in [0.15, 0.2) is 5.82 Å². The number of nitrogens with zero attached hydrogens (tertiary/aromatic N) is 5. The van der Waals surface area contributed by atoms with Gasteiger partial charge < -0.3 is 14.5 Å². The van der Waals surface area contributed by atoms with Crippen molar-refractivity contribution in [2.24, 2.45) is 0 Å². The fourth-order valence-corrected chi connectivity index (χ4v) is 5.43. The molecule has 5 heterocycles. The average Bonchev–Trinajstić information content (AvgIpc) is 3.20. The number of hydrogen-bond acceptors (Lipinski definition) is 5. The Morgan fingerprint density at radius 1 is 1.12 bits per heavy atom. The van der Waals surface area contributed by atoms with E-state index in [1.807, 2.05) is 11.1 Å². The van der Waals surface area contributed by atoms with Gasteiger partial charge >= 0.3 is 0 Å². The fraction of sp³-hybridized carbons (Fsp3) is 0.444. The first-order valence-electron chi connectivity index (χ1n) is 12.4. The number of carbonyl (C=O) groups excluding carboxylic acids is 1. The average molecular weight is 458 g/mol. The van der Waals surface area contributed by atoms with Gasteiger partial charge in [0.1, 0.15) is 0 Å². The van der Waals surface area contributed by atoms with Gasteiger partial charge in [0.25, 0.3) is 0 Å². The van der Waals surface area contributed by atoms with E-state index in [4.69, 9.17) is 9.84 Å². The van der Waals surface area contributed by atoms with Gasteiger partial charge in [-0.25, -0.2) is 0 Å². The van der Waals surface area contributed by atoms with E-state index in [0.29, 0.717) is 12.6 Å². The molecule has 6 rings (SSSR count). The summed E-state index contributed by atoms with van der Waals surface area (Å²) < 4.78 is 7.67. The Bertz CT molecular complexity index is 1250. The largest absolute Gasteiger partial charge is 0.377 e. The second-order valence-corrected chi connectivity index (χ2v) is 9.56. The lowest BCUT2D eigenvalue weighted by atomic mass is 9.95. The van der Waals surface area contributed by atoms with Crippen molar-refractivity contribution in [3.8, 4) is 11.1 Å². The van der Waals surface area contributed by atoms with E-state index in [1.54, 1.807) is 6.92 Å².